The fourth-order valence-electron chi connectivity index (χ4n) is 2.18. The van der Waals surface area contributed by atoms with Crippen molar-refractivity contribution in [2.75, 3.05) is 6.61 Å². The van der Waals surface area contributed by atoms with Gasteiger partial charge in [-0.05, 0) is 36.2 Å². The number of rotatable bonds is 7. The van der Waals surface area contributed by atoms with Crippen LogP contribution in [0.3, 0.4) is 0 Å². The monoisotopic (exact) mass is 374 g/mol. The number of hydrogen-bond acceptors (Lipinski definition) is 4. The number of esters is 1. The smallest absolute Gasteiger partial charge is 0.341 e. The van der Waals surface area contributed by atoms with E-state index in [1.807, 2.05) is 0 Å². The molecule has 0 saturated carbocycles. The molecule has 0 saturated heterocycles. The number of carbonyl (C=O) groups excluding carboxylic acids is 1. The second kappa shape index (κ2) is 8.18. The Labute approximate surface area is 157 Å². The Morgan fingerprint density at radius 1 is 1.15 bits per heavy atom. The molecule has 5 nitrogen and oxygen atoms in total. The van der Waals surface area contributed by atoms with Gasteiger partial charge in [-0.2, -0.15) is 5.10 Å². The minimum atomic E-state index is -1.74. The number of aromatic nitrogens is 2. The maximum absolute atomic E-state index is 11.7. The first-order valence-corrected chi connectivity index (χ1v) is 11.9. The number of carbonyl (C=O) groups is 1. The van der Waals surface area contributed by atoms with E-state index in [4.69, 9.17) is 9.16 Å². The first-order valence-electron chi connectivity index (χ1n) is 9.04. The highest BCUT2D eigenvalue weighted by Gasteiger charge is 2.36. The van der Waals surface area contributed by atoms with E-state index in [1.165, 1.54) is 5.56 Å². The van der Waals surface area contributed by atoms with Crippen LogP contribution < -0.4 is 0 Å². The zero-order valence-electron chi connectivity index (χ0n) is 16.7. The van der Waals surface area contributed by atoms with E-state index in [-0.39, 0.29) is 11.0 Å². The van der Waals surface area contributed by atoms with Crippen LogP contribution in [0.15, 0.2) is 36.7 Å². The fourth-order valence-corrected chi connectivity index (χ4v) is 3.14. The lowest BCUT2D eigenvalue weighted by Gasteiger charge is -2.36. The van der Waals surface area contributed by atoms with Gasteiger partial charge in [-0.15, -0.1) is 0 Å². The Morgan fingerprint density at radius 3 is 2.35 bits per heavy atom. The molecule has 142 valence electrons. The van der Waals surface area contributed by atoms with Gasteiger partial charge < -0.3 is 9.16 Å². The molecule has 0 N–H and O–H groups in total. The van der Waals surface area contributed by atoms with Crippen molar-refractivity contribution in [1.82, 2.24) is 9.78 Å². The van der Waals surface area contributed by atoms with Crippen molar-refractivity contribution in [3.05, 3.63) is 53.3 Å². The van der Waals surface area contributed by atoms with Gasteiger partial charge in [-0.1, -0.05) is 45.0 Å². The summed E-state index contributed by atoms with van der Waals surface area (Å²) in [4.78, 5) is 11.7. The Balaban J connectivity index is 1.95. The topological polar surface area (TPSA) is 53.3 Å². The van der Waals surface area contributed by atoms with Crippen LogP contribution in [0, 0.1) is 0 Å². The summed E-state index contributed by atoms with van der Waals surface area (Å²) in [7, 11) is -1.74. The van der Waals surface area contributed by atoms with E-state index in [2.05, 4.69) is 63.2 Å². The summed E-state index contributed by atoms with van der Waals surface area (Å²) in [6, 6.07) is 8.35. The number of nitrogens with zero attached hydrogens (tertiary/aromatic N) is 2. The molecule has 0 aliphatic rings. The summed E-state index contributed by atoms with van der Waals surface area (Å²) in [6.07, 6.45) is 3.26. The van der Waals surface area contributed by atoms with Gasteiger partial charge in [0.1, 0.15) is 0 Å². The first kappa shape index (κ1) is 20.4. The van der Waals surface area contributed by atoms with Crippen LogP contribution in [0.1, 0.15) is 49.2 Å². The standard InChI is InChI=1S/C20H30N2O3Si/c1-7-24-19(23)18-12-21-22(14-18)13-16-8-10-17(11-9-16)15-25-26(5,6)20(2,3)4/h8-12,14H,7,13,15H2,1-6H3. The van der Waals surface area contributed by atoms with Crippen LogP contribution in [0.5, 0.6) is 0 Å². The van der Waals surface area contributed by atoms with Crippen LogP contribution in [-0.2, 0) is 22.3 Å². The molecule has 1 aromatic heterocycles. The summed E-state index contributed by atoms with van der Waals surface area (Å²) in [5.74, 6) is -0.336. The lowest BCUT2D eigenvalue weighted by Crippen LogP contribution is -2.40. The van der Waals surface area contributed by atoms with Crippen molar-refractivity contribution in [3.63, 3.8) is 0 Å². The lowest BCUT2D eigenvalue weighted by molar-refractivity contribution is 0.0526. The highest BCUT2D eigenvalue weighted by atomic mass is 28.4. The van der Waals surface area contributed by atoms with Crippen LogP contribution in [0.4, 0.5) is 0 Å². The van der Waals surface area contributed by atoms with E-state index in [0.29, 0.717) is 25.3 Å². The molecule has 2 aromatic rings. The molecular formula is C20H30N2O3Si. The Hall–Kier alpha value is -1.92. The molecular weight excluding hydrogens is 344 g/mol. The van der Waals surface area contributed by atoms with Gasteiger partial charge in [0.25, 0.3) is 0 Å². The van der Waals surface area contributed by atoms with Gasteiger partial charge in [0.05, 0.1) is 31.5 Å². The SMILES string of the molecule is CCOC(=O)c1cnn(Cc2ccc(CO[Si](C)(C)C(C)(C)C)cc2)c1. The average molecular weight is 375 g/mol. The molecule has 1 aromatic carbocycles. The molecule has 0 unspecified atom stereocenters. The van der Waals surface area contributed by atoms with Gasteiger partial charge in [-0.3, -0.25) is 4.68 Å². The Kier molecular flexibility index (Phi) is 6.42. The maximum atomic E-state index is 11.7. The molecule has 0 aliphatic carbocycles. The molecule has 0 aliphatic heterocycles. The van der Waals surface area contributed by atoms with Crippen molar-refractivity contribution in [3.8, 4) is 0 Å². The molecule has 2 rings (SSSR count). The average Bonchev–Trinajstić information content (AvgIpc) is 3.02. The summed E-state index contributed by atoms with van der Waals surface area (Å²) in [5, 5.41) is 4.44. The minimum absolute atomic E-state index is 0.212. The molecule has 0 bridgehead atoms. The summed E-state index contributed by atoms with van der Waals surface area (Å²) in [5.41, 5.74) is 2.78. The molecule has 0 spiro atoms. The van der Waals surface area contributed by atoms with Gasteiger partial charge in [0.2, 0.25) is 0 Å². The van der Waals surface area contributed by atoms with Crippen molar-refractivity contribution in [2.45, 2.75) is 59.0 Å². The van der Waals surface area contributed by atoms with Crippen LogP contribution in [-0.4, -0.2) is 30.7 Å². The molecule has 0 fully saturated rings. The number of hydrogen-bond donors (Lipinski definition) is 0. The number of ether oxygens (including phenoxy) is 1. The van der Waals surface area contributed by atoms with Crippen molar-refractivity contribution >= 4 is 14.3 Å². The van der Waals surface area contributed by atoms with Gasteiger partial charge in [0.15, 0.2) is 8.32 Å². The second-order valence-electron chi connectivity index (χ2n) is 8.01. The van der Waals surface area contributed by atoms with Crippen LogP contribution in [0.2, 0.25) is 18.1 Å². The molecule has 1 heterocycles. The Bertz CT molecular complexity index is 730. The van der Waals surface area contributed by atoms with E-state index in [1.54, 1.807) is 24.0 Å². The molecule has 0 radical (unpaired) electrons. The summed E-state index contributed by atoms with van der Waals surface area (Å²) in [6.45, 7) is 14.7. The molecule has 0 atom stereocenters. The maximum Gasteiger partial charge on any atom is 0.341 e. The third kappa shape index (κ3) is 5.29. The first-order chi connectivity index (χ1) is 12.1. The van der Waals surface area contributed by atoms with Crippen LogP contribution in [0.25, 0.3) is 0 Å². The molecule has 26 heavy (non-hydrogen) atoms. The van der Waals surface area contributed by atoms with Crippen LogP contribution >= 0.6 is 0 Å². The van der Waals surface area contributed by atoms with Gasteiger partial charge in [0, 0.05) is 6.20 Å². The fraction of sp³-hybridized carbons (Fsp3) is 0.500. The highest BCUT2D eigenvalue weighted by molar-refractivity contribution is 6.74. The predicted octanol–water partition coefficient (Wildman–Crippen LogP) is 4.63. The zero-order chi connectivity index (χ0) is 19.4. The third-order valence-electron chi connectivity index (χ3n) is 4.92. The lowest BCUT2D eigenvalue weighted by atomic mass is 10.1. The molecule has 6 heteroatoms. The number of benzene rings is 1. The highest BCUT2D eigenvalue weighted by Crippen LogP contribution is 2.37. The van der Waals surface area contributed by atoms with Crippen molar-refractivity contribution in [2.24, 2.45) is 0 Å². The van der Waals surface area contributed by atoms with E-state index < -0.39 is 8.32 Å². The van der Waals surface area contributed by atoms with Gasteiger partial charge in [-0.25, -0.2) is 4.79 Å². The van der Waals surface area contributed by atoms with Gasteiger partial charge >= 0.3 is 5.97 Å². The third-order valence-corrected chi connectivity index (χ3v) is 9.40. The second-order valence-corrected chi connectivity index (χ2v) is 12.8. The van der Waals surface area contributed by atoms with Crippen molar-refractivity contribution < 1.29 is 14.0 Å². The quantitative estimate of drug-likeness (QED) is 0.524. The van der Waals surface area contributed by atoms with Crippen molar-refractivity contribution in [1.29, 1.82) is 0 Å². The largest absolute Gasteiger partial charge is 0.462 e. The predicted molar refractivity (Wildman–Crippen MR) is 106 cm³/mol. The normalized spacial score (nSPS) is 12.2. The van der Waals surface area contributed by atoms with E-state index in [9.17, 15) is 4.79 Å². The van der Waals surface area contributed by atoms with E-state index in [0.717, 1.165) is 5.56 Å². The summed E-state index contributed by atoms with van der Waals surface area (Å²) < 4.78 is 13.0. The van der Waals surface area contributed by atoms with E-state index >= 15 is 0 Å². The molecule has 0 amide bonds. The minimum Gasteiger partial charge on any atom is -0.462 e. The summed E-state index contributed by atoms with van der Waals surface area (Å²) >= 11 is 0. The Morgan fingerprint density at radius 2 is 1.77 bits per heavy atom. The zero-order valence-corrected chi connectivity index (χ0v) is 17.7.